The van der Waals surface area contributed by atoms with Crippen LogP contribution in [0.15, 0.2) is 24.5 Å². The van der Waals surface area contributed by atoms with E-state index >= 15 is 0 Å². The Morgan fingerprint density at radius 3 is 2.77 bits per heavy atom. The fraction of sp³-hybridized carbons (Fsp3) is 0.524. The molecule has 3 aromatic rings. The highest BCUT2D eigenvalue weighted by molar-refractivity contribution is 6.30. The number of halogens is 1. The minimum absolute atomic E-state index is 0.0978. The van der Waals surface area contributed by atoms with E-state index in [1.54, 1.807) is 6.20 Å². The summed E-state index contributed by atoms with van der Waals surface area (Å²) in [5, 5.41) is 5.01. The molecule has 3 fully saturated rings. The second kappa shape index (κ2) is 7.20. The maximum Gasteiger partial charge on any atom is 0.253 e. The first-order valence-corrected chi connectivity index (χ1v) is 11.2. The summed E-state index contributed by atoms with van der Waals surface area (Å²) >= 11 is 6.07. The highest BCUT2D eigenvalue weighted by Gasteiger charge is 2.50. The lowest BCUT2D eigenvalue weighted by Crippen LogP contribution is -2.50. The molecule has 10 heteroatoms. The number of H-pyrrole nitrogens is 1. The van der Waals surface area contributed by atoms with Gasteiger partial charge in [-0.05, 0) is 37.8 Å². The van der Waals surface area contributed by atoms with Crippen LogP contribution in [-0.2, 0) is 15.1 Å². The third kappa shape index (κ3) is 3.27. The van der Waals surface area contributed by atoms with Crippen LogP contribution < -0.4 is 4.90 Å². The summed E-state index contributed by atoms with van der Waals surface area (Å²) in [6.45, 7) is 3.41. The number of imidazole rings is 1. The molecule has 2 saturated heterocycles. The summed E-state index contributed by atoms with van der Waals surface area (Å²) in [4.78, 5) is 29.8. The first-order chi connectivity index (χ1) is 15.1. The summed E-state index contributed by atoms with van der Waals surface area (Å²) in [5.41, 5.74) is 1.30. The number of morpholine rings is 1. The molecule has 0 spiro atoms. The van der Waals surface area contributed by atoms with Crippen LogP contribution in [-0.4, -0.2) is 74.4 Å². The van der Waals surface area contributed by atoms with Crippen LogP contribution in [0.5, 0.6) is 0 Å². The van der Waals surface area contributed by atoms with E-state index < -0.39 is 6.10 Å². The molecule has 1 aliphatic carbocycles. The van der Waals surface area contributed by atoms with Gasteiger partial charge in [-0.25, -0.2) is 9.97 Å². The van der Waals surface area contributed by atoms with Crippen LogP contribution in [0.2, 0.25) is 5.02 Å². The monoisotopic (exact) mass is 441 g/mol. The molecule has 1 saturated carbocycles. The molecule has 162 valence electrons. The van der Waals surface area contributed by atoms with E-state index in [0.29, 0.717) is 24.7 Å². The topological polar surface area (TPSA) is 92.2 Å². The SMILES string of the molecule is O=C(C1CN(c2ccc3nc(C4(n5cc(Cl)cn5)CC4)[nH]c3n2)CCO1)N1CCCC1. The predicted octanol–water partition coefficient (Wildman–Crippen LogP) is 2.17. The van der Waals surface area contributed by atoms with Crippen molar-refractivity contribution < 1.29 is 9.53 Å². The fourth-order valence-electron chi connectivity index (χ4n) is 4.66. The number of nitrogens with zero attached hydrogens (tertiary/aromatic N) is 6. The number of fused-ring (bicyclic) bond motifs is 1. The Labute approximate surface area is 184 Å². The van der Waals surface area contributed by atoms with Crippen LogP contribution in [0.25, 0.3) is 11.2 Å². The van der Waals surface area contributed by atoms with E-state index in [1.165, 1.54) is 0 Å². The Balaban J connectivity index is 1.24. The van der Waals surface area contributed by atoms with Crippen molar-refractivity contribution in [2.75, 3.05) is 37.7 Å². The Bertz CT molecular complexity index is 1130. The maximum absolute atomic E-state index is 12.8. The van der Waals surface area contributed by atoms with Gasteiger partial charge < -0.3 is 19.5 Å². The second-order valence-electron chi connectivity index (χ2n) is 8.60. The number of rotatable bonds is 4. The molecular weight excluding hydrogens is 418 g/mol. The Kier molecular flexibility index (Phi) is 4.43. The number of carbonyl (C=O) groups is 1. The average molecular weight is 442 g/mol. The second-order valence-corrected chi connectivity index (χ2v) is 9.03. The molecule has 0 radical (unpaired) electrons. The van der Waals surface area contributed by atoms with Gasteiger partial charge >= 0.3 is 0 Å². The number of carbonyl (C=O) groups excluding carboxylic acids is 1. The van der Waals surface area contributed by atoms with E-state index in [1.807, 2.05) is 27.9 Å². The molecule has 2 aliphatic heterocycles. The number of ether oxygens (including phenoxy) is 1. The summed E-state index contributed by atoms with van der Waals surface area (Å²) < 4.78 is 7.69. The van der Waals surface area contributed by atoms with E-state index in [0.717, 1.165) is 61.6 Å². The van der Waals surface area contributed by atoms with Gasteiger partial charge in [-0.15, -0.1) is 0 Å². The summed E-state index contributed by atoms with van der Waals surface area (Å²) in [6, 6.07) is 3.95. The quantitative estimate of drug-likeness (QED) is 0.667. The summed E-state index contributed by atoms with van der Waals surface area (Å²) in [5.74, 6) is 1.79. The zero-order valence-electron chi connectivity index (χ0n) is 17.1. The molecule has 0 aromatic carbocycles. The van der Waals surface area contributed by atoms with E-state index in [9.17, 15) is 4.79 Å². The van der Waals surface area contributed by atoms with Crippen molar-refractivity contribution in [3.05, 3.63) is 35.4 Å². The molecule has 1 unspecified atom stereocenters. The predicted molar refractivity (Wildman–Crippen MR) is 115 cm³/mol. The lowest BCUT2D eigenvalue weighted by molar-refractivity contribution is -0.143. The highest BCUT2D eigenvalue weighted by Crippen LogP contribution is 2.48. The molecule has 1 amide bonds. The van der Waals surface area contributed by atoms with Gasteiger partial charge in [0, 0.05) is 25.8 Å². The number of anilines is 1. The Morgan fingerprint density at radius 1 is 1.19 bits per heavy atom. The normalized spacial score (nSPS) is 22.9. The Morgan fingerprint density at radius 2 is 2.03 bits per heavy atom. The molecule has 6 rings (SSSR count). The van der Waals surface area contributed by atoms with Gasteiger partial charge in [-0.1, -0.05) is 11.6 Å². The number of aromatic amines is 1. The maximum atomic E-state index is 12.8. The molecule has 31 heavy (non-hydrogen) atoms. The number of pyridine rings is 1. The van der Waals surface area contributed by atoms with Crippen molar-refractivity contribution in [2.24, 2.45) is 0 Å². The van der Waals surface area contributed by atoms with Gasteiger partial charge in [0.1, 0.15) is 22.7 Å². The molecule has 5 heterocycles. The van der Waals surface area contributed by atoms with Crippen LogP contribution >= 0.6 is 11.6 Å². The summed E-state index contributed by atoms with van der Waals surface area (Å²) in [7, 11) is 0. The highest BCUT2D eigenvalue weighted by atomic mass is 35.5. The molecule has 1 N–H and O–H groups in total. The molecule has 0 bridgehead atoms. The number of aromatic nitrogens is 5. The molecular formula is C21H24ClN7O2. The number of nitrogens with one attached hydrogen (secondary N) is 1. The van der Waals surface area contributed by atoms with Crippen molar-refractivity contribution >= 4 is 34.5 Å². The molecule has 3 aliphatic rings. The number of hydrogen-bond acceptors (Lipinski definition) is 6. The van der Waals surface area contributed by atoms with Crippen molar-refractivity contribution in [2.45, 2.75) is 37.3 Å². The van der Waals surface area contributed by atoms with Crippen LogP contribution in [0.3, 0.4) is 0 Å². The lowest BCUT2D eigenvalue weighted by Gasteiger charge is -2.34. The first kappa shape index (κ1) is 19.1. The third-order valence-electron chi connectivity index (χ3n) is 6.57. The van der Waals surface area contributed by atoms with Crippen molar-refractivity contribution in [3.8, 4) is 0 Å². The van der Waals surface area contributed by atoms with Gasteiger partial charge in [-0.2, -0.15) is 5.10 Å². The van der Waals surface area contributed by atoms with Crippen LogP contribution in [0.4, 0.5) is 5.82 Å². The molecule has 1 atom stereocenters. The smallest absolute Gasteiger partial charge is 0.253 e. The van der Waals surface area contributed by atoms with Crippen LogP contribution in [0.1, 0.15) is 31.5 Å². The molecule has 3 aromatic heterocycles. The van der Waals surface area contributed by atoms with Gasteiger partial charge in [0.05, 0.1) is 24.4 Å². The Hall–Kier alpha value is -2.65. The number of hydrogen-bond donors (Lipinski definition) is 1. The first-order valence-electron chi connectivity index (χ1n) is 10.9. The van der Waals surface area contributed by atoms with Crippen molar-refractivity contribution in [1.29, 1.82) is 0 Å². The molecule has 9 nitrogen and oxygen atoms in total. The number of likely N-dealkylation sites (tertiary alicyclic amines) is 1. The van der Waals surface area contributed by atoms with E-state index in [2.05, 4.69) is 15.0 Å². The third-order valence-corrected chi connectivity index (χ3v) is 6.76. The lowest BCUT2D eigenvalue weighted by atomic mass is 10.2. The zero-order chi connectivity index (χ0) is 21.0. The van der Waals surface area contributed by atoms with E-state index in [-0.39, 0.29) is 11.4 Å². The van der Waals surface area contributed by atoms with E-state index in [4.69, 9.17) is 26.3 Å². The average Bonchev–Trinajstić information content (AvgIpc) is 3.18. The fourth-order valence-corrected chi connectivity index (χ4v) is 4.79. The van der Waals surface area contributed by atoms with Crippen LogP contribution in [0, 0.1) is 0 Å². The van der Waals surface area contributed by atoms with Gasteiger partial charge in [-0.3, -0.25) is 9.48 Å². The largest absolute Gasteiger partial charge is 0.365 e. The van der Waals surface area contributed by atoms with Gasteiger partial charge in [0.15, 0.2) is 11.8 Å². The van der Waals surface area contributed by atoms with Gasteiger partial charge in [0.2, 0.25) is 0 Å². The number of amides is 1. The van der Waals surface area contributed by atoms with Crippen molar-refractivity contribution in [1.82, 2.24) is 29.6 Å². The van der Waals surface area contributed by atoms with Gasteiger partial charge in [0.25, 0.3) is 5.91 Å². The van der Waals surface area contributed by atoms with Crippen molar-refractivity contribution in [3.63, 3.8) is 0 Å². The summed E-state index contributed by atoms with van der Waals surface area (Å²) in [6.07, 6.45) is 7.14. The minimum atomic E-state index is -0.430. The minimum Gasteiger partial charge on any atom is -0.365 e. The zero-order valence-corrected chi connectivity index (χ0v) is 17.9. The standard InChI is InChI=1S/C21H24ClN7O2/c22-14-11-23-29(12-14)21(5-6-21)20-24-15-3-4-17(25-18(15)26-20)28-9-10-31-16(13-28)19(30)27-7-1-2-8-27/h3-4,11-12,16H,1-2,5-10,13H2,(H,24,25,26).